The Morgan fingerprint density at radius 3 is 2.48 bits per heavy atom. The highest BCUT2D eigenvalue weighted by Gasteiger charge is 2.29. The Labute approximate surface area is 168 Å². The number of nitrogens with zero attached hydrogens (tertiary/aromatic N) is 1. The van der Waals surface area contributed by atoms with Crippen LogP contribution in [0, 0.1) is 0 Å². The summed E-state index contributed by atoms with van der Waals surface area (Å²) in [5.41, 5.74) is 0.704. The largest absolute Gasteiger partial charge is 0.325 e. The fraction of sp³-hybridized carbons (Fsp3) is 0.389. The maximum absolute atomic E-state index is 12.5. The molecule has 0 unspecified atom stereocenters. The van der Waals surface area contributed by atoms with Gasteiger partial charge in [-0.05, 0) is 55.5 Å². The van der Waals surface area contributed by atoms with Gasteiger partial charge in [0.15, 0.2) is 0 Å². The van der Waals surface area contributed by atoms with E-state index in [9.17, 15) is 13.2 Å². The van der Waals surface area contributed by atoms with Gasteiger partial charge in [-0.15, -0.1) is 11.3 Å². The van der Waals surface area contributed by atoms with Gasteiger partial charge in [-0.25, -0.2) is 13.1 Å². The van der Waals surface area contributed by atoms with Crippen LogP contribution >= 0.6 is 22.9 Å². The van der Waals surface area contributed by atoms with Crippen molar-refractivity contribution in [3.63, 3.8) is 0 Å². The number of likely N-dealkylation sites (tertiary alicyclic amines) is 1. The lowest BCUT2D eigenvalue weighted by atomic mass is 10.0. The van der Waals surface area contributed by atoms with Gasteiger partial charge in [-0.1, -0.05) is 17.7 Å². The number of halogens is 1. The number of rotatable bonds is 6. The fourth-order valence-electron chi connectivity index (χ4n) is 3.04. The van der Waals surface area contributed by atoms with Gasteiger partial charge in [-0.2, -0.15) is 0 Å². The molecular formula is C18H22ClN3O3S2. The average Bonchev–Trinajstić information content (AvgIpc) is 3.19. The van der Waals surface area contributed by atoms with Gasteiger partial charge < -0.3 is 5.32 Å². The Morgan fingerprint density at radius 2 is 1.89 bits per heavy atom. The minimum atomic E-state index is -3.45. The van der Waals surface area contributed by atoms with Gasteiger partial charge in [0.1, 0.15) is 4.21 Å². The maximum atomic E-state index is 12.5. The molecule has 0 radical (unpaired) electrons. The van der Waals surface area contributed by atoms with Crippen LogP contribution in [-0.2, 0) is 14.8 Å². The first-order valence-corrected chi connectivity index (χ1v) is 11.5. The Hall–Kier alpha value is -1.45. The number of piperidine rings is 1. The van der Waals surface area contributed by atoms with Crippen LogP contribution in [0.4, 0.5) is 5.69 Å². The second-order valence-electron chi connectivity index (χ2n) is 6.54. The first-order chi connectivity index (χ1) is 12.8. The molecule has 9 heteroatoms. The van der Waals surface area contributed by atoms with Crippen molar-refractivity contribution in [2.45, 2.75) is 36.1 Å². The summed E-state index contributed by atoms with van der Waals surface area (Å²) in [5.74, 6) is -0.0880. The highest BCUT2D eigenvalue weighted by Crippen LogP contribution is 2.20. The smallest absolute Gasteiger partial charge is 0.250 e. The van der Waals surface area contributed by atoms with E-state index in [0.717, 1.165) is 0 Å². The summed E-state index contributed by atoms with van der Waals surface area (Å²) in [4.78, 5) is 14.5. The maximum Gasteiger partial charge on any atom is 0.250 e. The standard InChI is InChI=1S/C18H22ClN3O3S2/c1-13(18(23)20-15-6-4-14(19)5-7-15)22-10-8-16(9-11-22)21-27(24,25)17-3-2-12-26-17/h2-7,12-13,16,21H,8-11H2,1H3,(H,20,23)/t13-/m1/s1. The Bertz CT molecular complexity index is 862. The number of hydrogen-bond acceptors (Lipinski definition) is 5. The summed E-state index contributed by atoms with van der Waals surface area (Å²) in [7, 11) is -3.45. The van der Waals surface area contributed by atoms with Crippen molar-refractivity contribution in [1.29, 1.82) is 0 Å². The van der Waals surface area contributed by atoms with Crippen LogP contribution in [0.15, 0.2) is 46.0 Å². The lowest BCUT2D eigenvalue weighted by molar-refractivity contribution is -0.121. The molecule has 6 nitrogen and oxygen atoms in total. The number of sulfonamides is 1. The zero-order valence-electron chi connectivity index (χ0n) is 14.9. The van der Waals surface area contributed by atoms with Crippen LogP contribution in [0.5, 0.6) is 0 Å². The molecule has 0 aliphatic carbocycles. The SMILES string of the molecule is C[C@H](C(=O)Nc1ccc(Cl)cc1)N1CCC(NS(=O)(=O)c2cccs2)CC1. The van der Waals surface area contributed by atoms with Gasteiger partial charge >= 0.3 is 0 Å². The minimum absolute atomic E-state index is 0.0880. The highest BCUT2D eigenvalue weighted by molar-refractivity contribution is 7.91. The number of nitrogens with one attached hydrogen (secondary N) is 2. The normalized spacial score (nSPS) is 17.6. The number of thiophene rings is 1. The van der Waals surface area contributed by atoms with Crippen molar-refractivity contribution in [3.05, 3.63) is 46.8 Å². The third-order valence-electron chi connectivity index (χ3n) is 4.65. The molecule has 27 heavy (non-hydrogen) atoms. The Balaban J connectivity index is 1.51. The molecule has 1 aromatic heterocycles. The predicted octanol–water partition coefficient (Wildman–Crippen LogP) is 3.17. The number of hydrogen-bond donors (Lipinski definition) is 2. The monoisotopic (exact) mass is 427 g/mol. The number of carbonyl (C=O) groups excluding carboxylic acids is 1. The molecule has 146 valence electrons. The molecule has 1 aliphatic heterocycles. The lowest BCUT2D eigenvalue weighted by Crippen LogP contribution is -2.50. The summed E-state index contributed by atoms with van der Waals surface area (Å²) in [6, 6.07) is 9.90. The van der Waals surface area contributed by atoms with Gasteiger partial charge in [-0.3, -0.25) is 9.69 Å². The third-order valence-corrected chi connectivity index (χ3v) is 7.82. The lowest BCUT2D eigenvalue weighted by Gasteiger charge is -2.35. The zero-order valence-corrected chi connectivity index (χ0v) is 17.3. The molecule has 1 amide bonds. The summed E-state index contributed by atoms with van der Waals surface area (Å²) < 4.78 is 27.8. The van der Waals surface area contributed by atoms with Crippen LogP contribution in [0.2, 0.25) is 5.02 Å². The highest BCUT2D eigenvalue weighted by atomic mass is 35.5. The van der Waals surface area contributed by atoms with Crippen molar-refractivity contribution in [3.8, 4) is 0 Å². The topological polar surface area (TPSA) is 78.5 Å². The van der Waals surface area contributed by atoms with E-state index >= 15 is 0 Å². The summed E-state index contributed by atoms with van der Waals surface area (Å²) >= 11 is 7.06. The molecule has 1 fully saturated rings. The van der Waals surface area contributed by atoms with E-state index in [0.29, 0.717) is 40.9 Å². The van der Waals surface area contributed by atoms with Gasteiger partial charge in [0.25, 0.3) is 0 Å². The molecule has 1 saturated heterocycles. The Kier molecular flexibility index (Phi) is 6.54. The average molecular weight is 428 g/mol. The number of amides is 1. The summed E-state index contributed by atoms with van der Waals surface area (Å²) in [5, 5.41) is 5.25. The van der Waals surface area contributed by atoms with Crippen molar-refractivity contribution in [2.24, 2.45) is 0 Å². The van der Waals surface area contributed by atoms with Crippen molar-refractivity contribution in [2.75, 3.05) is 18.4 Å². The molecule has 1 atom stereocenters. The molecule has 1 aromatic carbocycles. The van der Waals surface area contributed by atoms with Crippen LogP contribution in [-0.4, -0.2) is 44.4 Å². The van der Waals surface area contributed by atoms with Crippen molar-refractivity contribution in [1.82, 2.24) is 9.62 Å². The zero-order chi connectivity index (χ0) is 19.4. The second-order valence-corrected chi connectivity index (χ2v) is 9.86. The van der Waals surface area contributed by atoms with Gasteiger partial charge in [0.2, 0.25) is 15.9 Å². The number of anilines is 1. The first-order valence-electron chi connectivity index (χ1n) is 8.71. The first kappa shape index (κ1) is 20.3. The van der Waals surface area contributed by atoms with Gasteiger partial charge in [0.05, 0.1) is 6.04 Å². The second kappa shape index (κ2) is 8.70. The third kappa shape index (κ3) is 5.30. The summed E-state index contributed by atoms with van der Waals surface area (Å²) in [6.45, 7) is 3.18. The van der Waals surface area contributed by atoms with Crippen LogP contribution in [0.25, 0.3) is 0 Å². The molecule has 2 aromatic rings. The molecule has 0 bridgehead atoms. The molecule has 2 heterocycles. The molecule has 2 N–H and O–H groups in total. The molecule has 1 aliphatic rings. The van der Waals surface area contributed by atoms with E-state index < -0.39 is 10.0 Å². The predicted molar refractivity (Wildman–Crippen MR) is 109 cm³/mol. The Morgan fingerprint density at radius 1 is 1.22 bits per heavy atom. The van der Waals surface area contributed by atoms with Crippen LogP contribution < -0.4 is 10.0 Å². The molecule has 0 spiro atoms. The number of benzene rings is 1. The van der Waals surface area contributed by atoms with E-state index in [1.807, 2.05) is 6.92 Å². The minimum Gasteiger partial charge on any atom is -0.325 e. The molecule has 3 rings (SSSR count). The number of carbonyl (C=O) groups is 1. The van der Waals surface area contributed by atoms with Crippen LogP contribution in [0.1, 0.15) is 19.8 Å². The summed E-state index contributed by atoms with van der Waals surface area (Å²) in [6.07, 6.45) is 1.34. The van der Waals surface area contributed by atoms with E-state index in [1.54, 1.807) is 41.8 Å². The van der Waals surface area contributed by atoms with E-state index in [4.69, 9.17) is 11.6 Å². The molecular weight excluding hydrogens is 406 g/mol. The van der Waals surface area contributed by atoms with Crippen molar-refractivity contribution >= 4 is 44.6 Å². The van der Waals surface area contributed by atoms with E-state index in [1.165, 1.54) is 11.3 Å². The van der Waals surface area contributed by atoms with E-state index in [2.05, 4.69) is 14.9 Å². The van der Waals surface area contributed by atoms with Crippen LogP contribution in [0.3, 0.4) is 0 Å². The van der Waals surface area contributed by atoms with Gasteiger partial charge in [0, 0.05) is 29.8 Å². The molecule has 0 saturated carbocycles. The van der Waals surface area contributed by atoms with E-state index in [-0.39, 0.29) is 18.0 Å². The quantitative estimate of drug-likeness (QED) is 0.742. The van der Waals surface area contributed by atoms with Crippen molar-refractivity contribution < 1.29 is 13.2 Å². The fourth-order valence-corrected chi connectivity index (χ4v) is 5.48.